The number of likely N-dealkylation sites (tertiary alicyclic amines) is 2. The topological polar surface area (TPSA) is 140 Å². The highest BCUT2D eigenvalue weighted by Gasteiger charge is 2.36. The number of benzene rings is 4. The number of pyridine rings is 1. The van der Waals surface area contributed by atoms with Crippen LogP contribution in [0.4, 0.5) is 0 Å². The van der Waals surface area contributed by atoms with Crippen molar-refractivity contribution in [1.29, 1.82) is 0 Å². The van der Waals surface area contributed by atoms with E-state index in [-0.39, 0.29) is 49.1 Å². The maximum Gasteiger partial charge on any atom is 0.317 e. The van der Waals surface area contributed by atoms with Crippen molar-refractivity contribution in [3.05, 3.63) is 147 Å². The lowest BCUT2D eigenvalue weighted by molar-refractivity contribution is -0.154. The fourth-order valence-corrected chi connectivity index (χ4v) is 11.3. The highest BCUT2D eigenvalue weighted by Crippen LogP contribution is 2.32. The summed E-state index contributed by atoms with van der Waals surface area (Å²) < 4.78 is 15.0. The Balaban J connectivity index is 0.892. The van der Waals surface area contributed by atoms with Gasteiger partial charge < -0.3 is 24.2 Å². The van der Waals surface area contributed by atoms with Crippen LogP contribution in [0.15, 0.2) is 114 Å². The second-order valence-electron chi connectivity index (χ2n) is 21.6. The number of carbonyl (C=O) groups excluding carboxylic acids is 4. The zero-order valence-corrected chi connectivity index (χ0v) is 43.4. The van der Waals surface area contributed by atoms with Gasteiger partial charge in [0, 0.05) is 62.7 Å². The van der Waals surface area contributed by atoms with Crippen molar-refractivity contribution < 1.29 is 28.7 Å². The SMILES string of the molecule is Cc1cc(C[C@@H](CC(=O)N2CCC(c3cc4ccccc4n(COC(=O)C(C)(C)c4ccccc4)c3=O)CC2)C(=O)N2CCN(C3CCN(C)CC3)CC2)cc2cnn(COC(=O)C(C)(C)c3ccccc3)c12. The minimum Gasteiger partial charge on any atom is -0.443 e. The number of amides is 2. The standard InChI is InChI=1S/C59H71N7O7/c1-41-33-42(35-46-38-60-66(53(41)46)40-73-57(71)59(4,5)48-18-11-8-12-19-48)34-45(54(68)64-31-29-62(30-32-64)49-23-25-61(6)26-24-49)37-52(67)63-27-21-43(22-28-63)50-36-44-15-13-14-20-51(44)65(55(50)69)39-72-56(70)58(2,3)47-16-9-7-10-17-47/h7-20,33,35-36,38,43,45,49H,21-32,34,37,39-40H2,1-6H3/t45-/m0/s1. The molecule has 3 aliphatic rings. The van der Waals surface area contributed by atoms with Crippen molar-refractivity contribution in [2.24, 2.45) is 5.92 Å². The predicted molar refractivity (Wildman–Crippen MR) is 283 cm³/mol. The van der Waals surface area contributed by atoms with Crippen molar-refractivity contribution in [3.63, 3.8) is 0 Å². The maximum atomic E-state index is 14.8. The Morgan fingerprint density at radius 2 is 1.26 bits per heavy atom. The molecule has 1 atom stereocenters. The molecule has 3 aliphatic heterocycles. The van der Waals surface area contributed by atoms with Crippen LogP contribution in [-0.4, -0.2) is 123 Å². The van der Waals surface area contributed by atoms with Gasteiger partial charge in [0.2, 0.25) is 11.8 Å². The molecule has 0 radical (unpaired) electrons. The zero-order chi connectivity index (χ0) is 51.4. The third kappa shape index (κ3) is 11.2. The molecule has 14 heteroatoms. The first-order valence-corrected chi connectivity index (χ1v) is 26.1. The monoisotopic (exact) mass is 990 g/mol. The lowest BCUT2D eigenvalue weighted by atomic mass is 9.85. The summed E-state index contributed by atoms with van der Waals surface area (Å²) in [6.45, 7) is 15.0. The molecule has 73 heavy (non-hydrogen) atoms. The molecule has 6 aromatic rings. The Morgan fingerprint density at radius 3 is 1.89 bits per heavy atom. The van der Waals surface area contributed by atoms with Gasteiger partial charge in [-0.05, 0) is 139 Å². The van der Waals surface area contributed by atoms with Gasteiger partial charge >= 0.3 is 11.9 Å². The summed E-state index contributed by atoms with van der Waals surface area (Å²) in [5.74, 6) is -1.56. The predicted octanol–water partition coefficient (Wildman–Crippen LogP) is 7.81. The number of piperazine rings is 1. The van der Waals surface area contributed by atoms with Gasteiger partial charge in [0.1, 0.15) is 0 Å². The van der Waals surface area contributed by atoms with Crippen LogP contribution < -0.4 is 5.56 Å². The Morgan fingerprint density at radius 1 is 0.671 bits per heavy atom. The second kappa shape index (κ2) is 21.8. The van der Waals surface area contributed by atoms with Gasteiger partial charge in [-0.2, -0.15) is 5.10 Å². The summed E-state index contributed by atoms with van der Waals surface area (Å²) >= 11 is 0. The van der Waals surface area contributed by atoms with Gasteiger partial charge in [-0.25, -0.2) is 4.68 Å². The summed E-state index contributed by atoms with van der Waals surface area (Å²) in [4.78, 5) is 79.2. The molecule has 3 saturated heterocycles. The van der Waals surface area contributed by atoms with Crippen molar-refractivity contribution in [2.45, 2.75) is 109 Å². The van der Waals surface area contributed by atoms with Crippen LogP contribution in [-0.2, 0) is 59.4 Å². The maximum absolute atomic E-state index is 14.8. The number of carbonyl (C=O) groups is 4. The van der Waals surface area contributed by atoms with E-state index in [1.807, 2.05) is 141 Å². The van der Waals surface area contributed by atoms with Crippen LogP contribution in [0.25, 0.3) is 21.8 Å². The average Bonchev–Trinajstić information content (AvgIpc) is 3.83. The molecule has 2 amide bonds. The number of aromatic nitrogens is 3. The zero-order valence-electron chi connectivity index (χ0n) is 43.4. The molecule has 9 rings (SSSR count). The second-order valence-corrected chi connectivity index (χ2v) is 21.6. The van der Waals surface area contributed by atoms with E-state index < -0.39 is 22.7 Å². The largest absolute Gasteiger partial charge is 0.443 e. The third-order valence-electron chi connectivity index (χ3n) is 16.0. The van der Waals surface area contributed by atoms with E-state index in [2.05, 4.69) is 28.0 Å². The van der Waals surface area contributed by atoms with E-state index in [1.54, 1.807) is 15.4 Å². The fourth-order valence-electron chi connectivity index (χ4n) is 11.3. The van der Waals surface area contributed by atoms with E-state index in [1.165, 1.54) is 0 Å². The molecule has 14 nitrogen and oxygen atoms in total. The summed E-state index contributed by atoms with van der Waals surface area (Å²) in [5, 5.41) is 6.35. The third-order valence-corrected chi connectivity index (χ3v) is 16.0. The normalized spacial score (nSPS) is 17.2. The number of nitrogens with zero attached hydrogens (tertiary/aromatic N) is 7. The first kappa shape index (κ1) is 51.3. The highest BCUT2D eigenvalue weighted by molar-refractivity contribution is 5.88. The number of hydrogen-bond acceptors (Lipinski definition) is 10. The Kier molecular flexibility index (Phi) is 15.3. The molecular weight excluding hydrogens is 919 g/mol. The van der Waals surface area contributed by atoms with Crippen LogP contribution in [0, 0.1) is 12.8 Å². The smallest absolute Gasteiger partial charge is 0.317 e. The molecule has 4 aromatic carbocycles. The minimum atomic E-state index is -0.917. The molecule has 5 heterocycles. The molecule has 0 aliphatic carbocycles. The highest BCUT2D eigenvalue weighted by atomic mass is 16.5. The molecule has 0 saturated carbocycles. The van der Waals surface area contributed by atoms with E-state index in [9.17, 15) is 24.0 Å². The van der Waals surface area contributed by atoms with Gasteiger partial charge in [-0.15, -0.1) is 0 Å². The molecule has 0 N–H and O–H groups in total. The van der Waals surface area contributed by atoms with E-state index in [4.69, 9.17) is 9.47 Å². The Labute approximate surface area is 428 Å². The van der Waals surface area contributed by atoms with Crippen molar-refractivity contribution in [3.8, 4) is 0 Å². The lowest BCUT2D eigenvalue weighted by Gasteiger charge is -2.43. The average molecular weight is 990 g/mol. The lowest BCUT2D eigenvalue weighted by Crippen LogP contribution is -2.55. The molecule has 0 bridgehead atoms. The van der Waals surface area contributed by atoms with Gasteiger partial charge in [0.15, 0.2) is 13.5 Å². The Bertz CT molecular complexity index is 3000. The molecule has 0 unspecified atom stereocenters. The van der Waals surface area contributed by atoms with E-state index >= 15 is 0 Å². The number of hydrogen-bond donors (Lipinski definition) is 0. The van der Waals surface area contributed by atoms with E-state index in [0.29, 0.717) is 62.6 Å². The number of aryl methyl sites for hydroxylation is 1. The van der Waals surface area contributed by atoms with Crippen molar-refractivity contribution in [2.75, 3.05) is 59.4 Å². The molecule has 384 valence electrons. The van der Waals surface area contributed by atoms with Crippen LogP contribution in [0.2, 0.25) is 0 Å². The number of ether oxygens (including phenoxy) is 2. The Hall–Kier alpha value is -6.64. The van der Waals surface area contributed by atoms with Gasteiger partial charge in [-0.1, -0.05) is 84.9 Å². The first-order chi connectivity index (χ1) is 35.1. The van der Waals surface area contributed by atoms with E-state index in [0.717, 1.165) is 77.6 Å². The quantitative estimate of drug-likeness (QED) is 0.0937. The molecule has 3 fully saturated rings. The number of piperidine rings is 2. The number of para-hydroxylation sites is 1. The van der Waals surface area contributed by atoms with Crippen molar-refractivity contribution in [1.82, 2.24) is 33.9 Å². The molecule has 2 aromatic heterocycles. The summed E-state index contributed by atoms with van der Waals surface area (Å²) in [6.07, 6.45) is 5.63. The number of esters is 2. The van der Waals surface area contributed by atoms with Gasteiger partial charge in [0.05, 0.1) is 34.0 Å². The van der Waals surface area contributed by atoms with Crippen LogP contribution in [0.1, 0.15) is 93.5 Å². The van der Waals surface area contributed by atoms with Crippen LogP contribution >= 0.6 is 0 Å². The first-order valence-electron chi connectivity index (χ1n) is 26.1. The van der Waals surface area contributed by atoms with Crippen LogP contribution in [0.3, 0.4) is 0 Å². The summed E-state index contributed by atoms with van der Waals surface area (Å²) in [5.41, 5.74) is 3.74. The fraction of sp³-hybridized carbons (Fsp3) is 0.458. The summed E-state index contributed by atoms with van der Waals surface area (Å²) in [6, 6.07) is 33.3. The molecule has 0 spiro atoms. The number of rotatable bonds is 15. The molecular formula is C59H71N7O7. The van der Waals surface area contributed by atoms with Gasteiger partial charge in [-0.3, -0.25) is 33.4 Å². The van der Waals surface area contributed by atoms with Crippen LogP contribution in [0.5, 0.6) is 0 Å². The number of fused-ring (bicyclic) bond motifs is 2. The summed E-state index contributed by atoms with van der Waals surface area (Å²) in [7, 11) is 2.17. The van der Waals surface area contributed by atoms with Crippen molar-refractivity contribution >= 4 is 45.6 Å². The van der Waals surface area contributed by atoms with Gasteiger partial charge in [0.25, 0.3) is 5.56 Å². The minimum absolute atomic E-state index is 0.00257.